The minimum atomic E-state index is -1.54. The van der Waals surface area contributed by atoms with Crippen LogP contribution < -0.4 is 10.1 Å². The van der Waals surface area contributed by atoms with Crippen molar-refractivity contribution in [3.63, 3.8) is 0 Å². The van der Waals surface area contributed by atoms with Crippen molar-refractivity contribution in [2.24, 2.45) is 0 Å². The molecule has 25 heavy (non-hydrogen) atoms. The first-order valence-electron chi connectivity index (χ1n) is 7.51. The lowest BCUT2D eigenvalue weighted by Crippen LogP contribution is -2.04. The molecule has 3 rings (SSSR count). The second-order valence-electron chi connectivity index (χ2n) is 5.05. The van der Waals surface area contributed by atoms with Crippen LogP contribution in [0.15, 0.2) is 40.9 Å². The number of hydrogen-bond acceptors (Lipinski definition) is 5. The smallest absolute Gasteiger partial charge is 0.246 e. The Labute approximate surface area is 141 Å². The number of benzene rings is 2. The van der Waals surface area contributed by atoms with Gasteiger partial charge in [0.1, 0.15) is 5.75 Å². The first-order chi connectivity index (χ1) is 12.1. The zero-order valence-corrected chi connectivity index (χ0v) is 13.2. The largest absolute Gasteiger partial charge is 0.494 e. The molecule has 0 aliphatic rings. The predicted molar refractivity (Wildman–Crippen MR) is 84.5 cm³/mol. The first-order valence-corrected chi connectivity index (χ1v) is 7.51. The van der Waals surface area contributed by atoms with E-state index in [4.69, 9.17) is 9.26 Å². The zero-order valence-electron chi connectivity index (χ0n) is 13.2. The summed E-state index contributed by atoms with van der Waals surface area (Å²) in [5, 5.41) is 6.42. The average molecular weight is 349 g/mol. The van der Waals surface area contributed by atoms with Crippen molar-refractivity contribution in [2.75, 3.05) is 11.9 Å². The molecule has 0 bridgehead atoms. The van der Waals surface area contributed by atoms with Crippen LogP contribution in [0.1, 0.15) is 12.8 Å². The maximum atomic E-state index is 13.6. The number of nitrogens with one attached hydrogen (secondary N) is 1. The van der Waals surface area contributed by atoms with E-state index in [2.05, 4.69) is 15.5 Å². The Bertz CT molecular complexity index is 866. The van der Waals surface area contributed by atoms with Gasteiger partial charge in [0.2, 0.25) is 11.7 Å². The van der Waals surface area contributed by atoms with Crippen molar-refractivity contribution in [2.45, 2.75) is 13.5 Å². The van der Waals surface area contributed by atoms with Gasteiger partial charge in [-0.05, 0) is 43.3 Å². The summed E-state index contributed by atoms with van der Waals surface area (Å²) < 4.78 is 50.1. The topological polar surface area (TPSA) is 60.2 Å². The summed E-state index contributed by atoms with van der Waals surface area (Å²) in [6.45, 7) is 2.42. The molecule has 0 saturated heterocycles. The van der Waals surface area contributed by atoms with E-state index in [1.165, 1.54) is 0 Å². The molecule has 0 fully saturated rings. The summed E-state index contributed by atoms with van der Waals surface area (Å²) in [7, 11) is 0. The Kier molecular flexibility index (Phi) is 4.87. The van der Waals surface area contributed by atoms with E-state index in [9.17, 15) is 13.2 Å². The summed E-state index contributed by atoms with van der Waals surface area (Å²) in [6, 6.07) is 9.05. The van der Waals surface area contributed by atoms with Crippen molar-refractivity contribution < 1.29 is 22.4 Å². The van der Waals surface area contributed by atoms with Gasteiger partial charge in [0, 0.05) is 5.56 Å². The number of aromatic nitrogens is 2. The van der Waals surface area contributed by atoms with Gasteiger partial charge in [-0.25, -0.2) is 13.2 Å². The van der Waals surface area contributed by atoms with E-state index in [-0.39, 0.29) is 18.1 Å². The normalized spacial score (nSPS) is 10.7. The minimum absolute atomic E-state index is 0.0357. The molecule has 5 nitrogen and oxygen atoms in total. The van der Waals surface area contributed by atoms with Gasteiger partial charge < -0.3 is 14.6 Å². The number of halogens is 3. The lowest BCUT2D eigenvalue weighted by molar-refractivity contribution is 0.340. The minimum Gasteiger partial charge on any atom is -0.494 e. The summed E-state index contributed by atoms with van der Waals surface area (Å²) in [4.78, 5) is 4.17. The molecular weight excluding hydrogens is 335 g/mol. The highest BCUT2D eigenvalue weighted by Crippen LogP contribution is 2.22. The fraction of sp³-hybridized carbons (Fsp3) is 0.176. The van der Waals surface area contributed by atoms with Gasteiger partial charge in [-0.1, -0.05) is 5.16 Å². The fourth-order valence-corrected chi connectivity index (χ4v) is 2.14. The van der Waals surface area contributed by atoms with Crippen LogP contribution in [0, 0.1) is 17.5 Å². The summed E-state index contributed by atoms with van der Waals surface area (Å²) in [5.41, 5.74) is 0.525. The van der Waals surface area contributed by atoms with Crippen LogP contribution >= 0.6 is 0 Å². The highest BCUT2D eigenvalue weighted by atomic mass is 19.2. The molecule has 1 N–H and O–H groups in total. The number of nitrogens with zero attached hydrogens (tertiary/aromatic N) is 2. The van der Waals surface area contributed by atoms with E-state index in [1.54, 1.807) is 24.3 Å². The Morgan fingerprint density at radius 3 is 2.52 bits per heavy atom. The molecule has 0 atom stereocenters. The van der Waals surface area contributed by atoms with Crippen LogP contribution in [-0.4, -0.2) is 16.7 Å². The maximum absolute atomic E-state index is 13.6. The molecule has 0 aliphatic carbocycles. The van der Waals surface area contributed by atoms with E-state index >= 15 is 0 Å². The van der Waals surface area contributed by atoms with Crippen molar-refractivity contribution in [3.8, 4) is 17.1 Å². The second kappa shape index (κ2) is 7.25. The van der Waals surface area contributed by atoms with Gasteiger partial charge in [-0.15, -0.1) is 0 Å². The van der Waals surface area contributed by atoms with Crippen molar-refractivity contribution in [1.82, 2.24) is 10.1 Å². The highest BCUT2D eigenvalue weighted by Gasteiger charge is 2.14. The molecule has 2 aromatic carbocycles. The molecule has 0 saturated carbocycles. The molecule has 8 heteroatoms. The number of rotatable bonds is 6. The molecule has 0 spiro atoms. The zero-order chi connectivity index (χ0) is 17.8. The summed E-state index contributed by atoms with van der Waals surface area (Å²) in [6.07, 6.45) is 0. The van der Waals surface area contributed by atoms with Crippen LogP contribution in [0.4, 0.5) is 18.9 Å². The summed E-state index contributed by atoms with van der Waals surface area (Å²) >= 11 is 0. The van der Waals surface area contributed by atoms with Gasteiger partial charge in [0.15, 0.2) is 17.5 Å². The molecule has 1 heterocycles. The molecule has 0 unspecified atom stereocenters. The third-order valence-electron chi connectivity index (χ3n) is 3.36. The van der Waals surface area contributed by atoms with Gasteiger partial charge in [-0.3, -0.25) is 0 Å². The molecular formula is C17H14F3N3O2. The molecule has 0 amide bonds. The van der Waals surface area contributed by atoms with Crippen LogP contribution in [0.25, 0.3) is 11.4 Å². The lowest BCUT2D eigenvalue weighted by Gasteiger charge is -2.05. The predicted octanol–water partition coefficient (Wildman–Crippen LogP) is 4.16. The van der Waals surface area contributed by atoms with Crippen LogP contribution in [0.3, 0.4) is 0 Å². The monoisotopic (exact) mass is 349 g/mol. The van der Waals surface area contributed by atoms with Crippen LogP contribution in [-0.2, 0) is 6.54 Å². The SMILES string of the molecule is CCOc1ccc(-c2noc(CNc3ccc(F)c(F)c3F)n2)cc1. The number of ether oxygens (including phenoxy) is 1. The lowest BCUT2D eigenvalue weighted by atomic mass is 10.2. The van der Waals surface area contributed by atoms with E-state index in [0.29, 0.717) is 12.4 Å². The quantitative estimate of drug-likeness (QED) is 0.677. The molecule has 3 aromatic rings. The van der Waals surface area contributed by atoms with Crippen LogP contribution in [0.5, 0.6) is 5.75 Å². The highest BCUT2D eigenvalue weighted by molar-refractivity contribution is 5.55. The third kappa shape index (κ3) is 3.73. The van der Waals surface area contributed by atoms with E-state index in [1.807, 2.05) is 6.92 Å². The van der Waals surface area contributed by atoms with Gasteiger partial charge in [0.05, 0.1) is 18.8 Å². The van der Waals surface area contributed by atoms with Gasteiger partial charge >= 0.3 is 0 Å². The van der Waals surface area contributed by atoms with E-state index in [0.717, 1.165) is 23.4 Å². The third-order valence-corrected chi connectivity index (χ3v) is 3.36. The Morgan fingerprint density at radius 2 is 1.80 bits per heavy atom. The Hall–Kier alpha value is -3.03. The first kappa shape index (κ1) is 16.8. The maximum Gasteiger partial charge on any atom is 0.246 e. The summed E-state index contributed by atoms with van der Waals surface area (Å²) in [5.74, 6) is -2.83. The molecule has 1 aromatic heterocycles. The second-order valence-corrected chi connectivity index (χ2v) is 5.05. The van der Waals surface area contributed by atoms with Crippen LogP contribution in [0.2, 0.25) is 0 Å². The van der Waals surface area contributed by atoms with Crippen molar-refractivity contribution in [1.29, 1.82) is 0 Å². The fourth-order valence-electron chi connectivity index (χ4n) is 2.14. The average Bonchev–Trinajstić information content (AvgIpc) is 3.09. The molecule has 0 aliphatic heterocycles. The Balaban J connectivity index is 1.69. The van der Waals surface area contributed by atoms with E-state index < -0.39 is 17.5 Å². The van der Waals surface area contributed by atoms with Crippen molar-refractivity contribution in [3.05, 3.63) is 59.7 Å². The van der Waals surface area contributed by atoms with Gasteiger partial charge in [0.25, 0.3) is 0 Å². The standard InChI is InChI=1S/C17H14F3N3O2/c1-2-24-11-5-3-10(4-6-11)17-22-14(25-23-17)9-21-13-8-7-12(18)15(19)16(13)20/h3-8,21H,2,9H2,1H3. The van der Waals surface area contributed by atoms with Crippen molar-refractivity contribution >= 4 is 5.69 Å². The number of hydrogen-bond donors (Lipinski definition) is 1. The number of anilines is 1. The van der Waals surface area contributed by atoms with Gasteiger partial charge in [-0.2, -0.15) is 4.98 Å². The molecule has 130 valence electrons. The molecule has 0 radical (unpaired) electrons. The Morgan fingerprint density at radius 1 is 1.04 bits per heavy atom.